The Hall–Kier alpha value is -2.53. The molecule has 0 aliphatic heterocycles. The molecule has 0 saturated carbocycles. The maximum absolute atomic E-state index is 12.1. The average molecular weight is 366 g/mol. The van der Waals surface area contributed by atoms with Crippen LogP contribution in [0.4, 0.5) is 0 Å². The summed E-state index contributed by atoms with van der Waals surface area (Å²) in [6.07, 6.45) is 4.49. The number of aromatic nitrogens is 2. The first-order valence-corrected chi connectivity index (χ1v) is 9.69. The molecule has 1 amide bonds. The van der Waals surface area contributed by atoms with Gasteiger partial charge in [-0.1, -0.05) is 72.4 Å². The maximum Gasteiger partial charge on any atom is 0.230 e. The average Bonchev–Trinajstić information content (AvgIpc) is 3.10. The van der Waals surface area contributed by atoms with Crippen molar-refractivity contribution in [2.45, 2.75) is 17.5 Å². The first kappa shape index (κ1) is 18.3. The largest absolute Gasteiger partial charge is 0.355 e. The molecule has 3 aromatic rings. The summed E-state index contributed by atoms with van der Waals surface area (Å²) in [5.74, 6) is 0.699. The number of carbonyl (C=O) groups is 1. The van der Waals surface area contributed by atoms with Gasteiger partial charge < -0.3 is 9.88 Å². The highest BCUT2D eigenvalue weighted by molar-refractivity contribution is 7.99. The molecule has 134 valence electrons. The third-order valence-corrected chi connectivity index (χ3v) is 5.33. The van der Waals surface area contributed by atoms with Gasteiger partial charge in [0.05, 0.1) is 5.75 Å². The van der Waals surface area contributed by atoms with E-state index in [-0.39, 0.29) is 11.8 Å². The molecule has 0 radical (unpaired) electrons. The van der Waals surface area contributed by atoms with Gasteiger partial charge in [-0.2, -0.15) is 0 Å². The van der Waals surface area contributed by atoms with E-state index in [9.17, 15) is 4.79 Å². The summed E-state index contributed by atoms with van der Waals surface area (Å²) in [6.45, 7) is 0.647. The molecular formula is C21H23N3OS. The van der Waals surface area contributed by atoms with Crippen molar-refractivity contribution in [3.05, 3.63) is 84.2 Å². The molecule has 5 heteroatoms. The van der Waals surface area contributed by atoms with Gasteiger partial charge in [0.15, 0.2) is 5.16 Å². The number of amides is 1. The molecule has 0 fully saturated rings. The quantitative estimate of drug-likeness (QED) is 0.617. The van der Waals surface area contributed by atoms with Gasteiger partial charge in [-0.25, -0.2) is 4.98 Å². The Balaban J connectivity index is 1.55. The minimum Gasteiger partial charge on any atom is -0.355 e. The molecule has 4 nitrogen and oxygen atoms in total. The molecule has 0 atom stereocenters. The summed E-state index contributed by atoms with van der Waals surface area (Å²) in [5.41, 5.74) is 2.55. The van der Waals surface area contributed by atoms with Gasteiger partial charge >= 0.3 is 0 Å². The molecule has 2 aromatic carbocycles. The fourth-order valence-electron chi connectivity index (χ4n) is 2.92. The van der Waals surface area contributed by atoms with Crippen molar-refractivity contribution >= 4 is 17.7 Å². The molecule has 1 N–H and O–H groups in total. The lowest BCUT2D eigenvalue weighted by atomic mass is 9.88. The summed E-state index contributed by atoms with van der Waals surface area (Å²) in [4.78, 5) is 16.4. The van der Waals surface area contributed by atoms with Gasteiger partial charge in [0.1, 0.15) is 0 Å². The Morgan fingerprint density at radius 2 is 1.69 bits per heavy atom. The van der Waals surface area contributed by atoms with Crippen molar-refractivity contribution in [2.24, 2.45) is 7.05 Å². The van der Waals surface area contributed by atoms with Crippen LogP contribution >= 0.6 is 11.8 Å². The van der Waals surface area contributed by atoms with Crippen LogP contribution in [0.5, 0.6) is 0 Å². The van der Waals surface area contributed by atoms with Crippen LogP contribution in [0.3, 0.4) is 0 Å². The van der Waals surface area contributed by atoms with Crippen LogP contribution in [0.1, 0.15) is 23.5 Å². The van der Waals surface area contributed by atoms with E-state index in [0.717, 1.165) is 11.6 Å². The molecule has 1 heterocycles. The fraction of sp³-hybridized carbons (Fsp3) is 0.238. The van der Waals surface area contributed by atoms with Crippen molar-refractivity contribution < 1.29 is 4.79 Å². The molecule has 0 aliphatic carbocycles. The lowest BCUT2D eigenvalue weighted by molar-refractivity contribution is -0.118. The summed E-state index contributed by atoms with van der Waals surface area (Å²) in [7, 11) is 1.93. The highest BCUT2D eigenvalue weighted by Crippen LogP contribution is 2.27. The summed E-state index contributed by atoms with van der Waals surface area (Å²) in [6, 6.07) is 20.9. The van der Waals surface area contributed by atoms with Crippen LogP contribution in [-0.4, -0.2) is 27.8 Å². The fourth-order valence-corrected chi connectivity index (χ4v) is 3.69. The van der Waals surface area contributed by atoms with Crippen molar-refractivity contribution in [1.29, 1.82) is 0 Å². The van der Waals surface area contributed by atoms with E-state index in [1.54, 1.807) is 6.20 Å². The van der Waals surface area contributed by atoms with Crippen LogP contribution in [0.15, 0.2) is 78.2 Å². The van der Waals surface area contributed by atoms with E-state index in [0.29, 0.717) is 12.3 Å². The van der Waals surface area contributed by atoms with Crippen molar-refractivity contribution in [1.82, 2.24) is 14.9 Å². The SMILES string of the molecule is Cn1ccnc1SCC(=O)NCCC(c1ccccc1)c1ccccc1. The highest BCUT2D eigenvalue weighted by atomic mass is 32.2. The predicted octanol–water partition coefficient (Wildman–Crippen LogP) is 3.85. The number of hydrogen-bond donors (Lipinski definition) is 1. The van der Waals surface area contributed by atoms with E-state index in [1.165, 1.54) is 22.9 Å². The van der Waals surface area contributed by atoms with E-state index >= 15 is 0 Å². The molecular weight excluding hydrogens is 342 g/mol. The number of carbonyl (C=O) groups excluding carboxylic acids is 1. The van der Waals surface area contributed by atoms with E-state index in [4.69, 9.17) is 0 Å². The van der Waals surface area contributed by atoms with Gasteiger partial charge in [0, 0.05) is 31.9 Å². The summed E-state index contributed by atoms with van der Waals surface area (Å²) < 4.78 is 1.92. The van der Waals surface area contributed by atoms with Crippen molar-refractivity contribution in [3.8, 4) is 0 Å². The number of benzene rings is 2. The standard InChI is InChI=1S/C21H23N3OS/c1-24-15-14-23-21(24)26-16-20(25)22-13-12-19(17-8-4-2-5-9-17)18-10-6-3-7-11-18/h2-11,14-15,19H,12-13,16H2,1H3,(H,22,25). The maximum atomic E-state index is 12.1. The molecule has 1 aromatic heterocycles. The number of nitrogens with zero attached hydrogens (tertiary/aromatic N) is 2. The van der Waals surface area contributed by atoms with Gasteiger partial charge in [0.25, 0.3) is 0 Å². The lowest BCUT2D eigenvalue weighted by Crippen LogP contribution is -2.27. The van der Waals surface area contributed by atoms with E-state index < -0.39 is 0 Å². The van der Waals surface area contributed by atoms with Crippen LogP contribution in [0, 0.1) is 0 Å². The number of nitrogens with one attached hydrogen (secondary N) is 1. The van der Waals surface area contributed by atoms with Crippen LogP contribution < -0.4 is 5.32 Å². The van der Waals surface area contributed by atoms with E-state index in [2.05, 4.69) is 58.8 Å². The molecule has 0 saturated heterocycles. The minimum atomic E-state index is 0.0397. The summed E-state index contributed by atoms with van der Waals surface area (Å²) in [5, 5.41) is 3.89. The predicted molar refractivity (Wildman–Crippen MR) is 106 cm³/mol. The van der Waals surface area contributed by atoms with Crippen molar-refractivity contribution in [3.63, 3.8) is 0 Å². The second-order valence-corrected chi connectivity index (χ2v) is 7.06. The monoisotopic (exact) mass is 365 g/mol. The normalized spacial score (nSPS) is 10.8. The Morgan fingerprint density at radius 1 is 1.08 bits per heavy atom. The topological polar surface area (TPSA) is 46.9 Å². The second-order valence-electron chi connectivity index (χ2n) is 6.12. The summed E-state index contributed by atoms with van der Waals surface area (Å²) >= 11 is 1.45. The zero-order valence-electron chi connectivity index (χ0n) is 14.8. The first-order valence-electron chi connectivity index (χ1n) is 8.71. The Kier molecular flexibility index (Phi) is 6.50. The van der Waals surface area contributed by atoms with Gasteiger partial charge in [-0.3, -0.25) is 4.79 Å². The smallest absolute Gasteiger partial charge is 0.230 e. The number of hydrogen-bond acceptors (Lipinski definition) is 3. The van der Waals surface area contributed by atoms with Crippen LogP contribution in [0.2, 0.25) is 0 Å². The first-order chi connectivity index (χ1) is 12.7. The zero-order valence-corrected chi connectivity index (χ0v) is 15.7. The number of aryl methyl sites for hydroxylation is 1. The van der Waals surface area contributed by atoms with Crippen LogP contribution in [-0.2, 0) is 11.8 Å². The van der Waals surface area contributed by atoms with Gasteiger partial charge in [-0.15, -0.1) is 0 Å². The van der Waals surface area contributed by atoms with Crippen molar-refractivity contribution in [2.75, 3.05) is 12.3 Å². The van der Waals surface area contributed by atoms with Crippen LogP contribution in [0.25, 0.3) is 0 Å². The number of imidazole rings is 1. The minimum absolute atomic E-state index is 0.0397. The molecule has 3 rings (SSSR count). The van der Waals surface area contributed by atoms with Gasteiger partial charge in [-0.05, 0) is 17.5 Å². The van der Waals surface area contributed by atoms with Gasteiger partial charge in [0.2, 0.25) is 5.91 Å². The number of thioether (sulfide) groups is 1. The highest BCUT2D eigenvalue weighted by Gasteiger charge is 2.14. The molecule has 0 unspecified atom stereocenters. The Morgan fingerprint density at radius 3 is 2.23 bits per heavy atom. The molecule has 0 aliphatic rings. The molecule has 0 bridgehead atoms. The Labute approximate surface area is 158 Å². The third kappa shape index (κ3) is 4.99. The zero-order chi connectivity index (χ0) is 18.2. The van der Waals surface area contributed by atoms with E-state index in [1.807, 2.05) is 29.9 Å². The molecule has 26 heavy (non-hydrogen) atoms. The lowest BCUT2D eigenvalue weighted by Gasteiger charge is -2.18. The third-order valence-electron chi connectivity index (χ3n) is 4.27. The number of rotatable bonds is 8. The second kappa shape index (κ2) is 9.25. The molecule has 0 spiro atoms. The Bertz CT molecular complexity index is 778.